The number of hydrogen-bond acceptors (Lipinski definition) is 4. The summed E-state index contributed by atoms with van der Waals surface area (Å²) < 4.78 is 0. The molecule has 1 aromatic carbocycles. The summed E-state index contributed by atoms with van der Waals surface area (Å²) in [7, 11) is 0. The van der Waals surface area contributed by atoms with Crippen LogP contribution in [0.25, 0.3) is 0 Å². The molecule has 1 heterocycles. The van der Waals surface area contributed by atoms with Gasteiger partial charge in [-0.05, 0) is 23.5 Å². The van der Waals surface area contributed by atoms with E-state index < -0.39 is 6.10 Å². The van der Waals surface area contributed by atoms with Crippen molar-refractivity contribution in [2.75, 3.05) is 6.54 Å². The van der Waals surface area contributed by atoms with Gasteiger partial charge in [-0.2, -0.15) is 0 Å². The Morgan fingerprint density at radius 3 is 2.43 bits per heavy atom. The van der Waals surface area contributed by atoms with Crippen LogP contribution in [-0.4, -0.2) is 16.6 Å². The number of aryl methyl sites for hydroxylation is 1. The van der Waals surface area contributed by atoms with Crippen molar-refractivity contribution in [1.29, 1.82) is 0 Å². The lowest BCUT2D eigenvalue weighted by molar-refractivity contribution is 0.174. The van der Waals surface area contributed by atoms with Crippen molar-refractivity contribution in [3.63, 3.8) is 0 Å². The third kappa shape index (κ3) is 4.37. The van der Waals surface area contributed by atoms with Gasteiger partial charge in [-0.15, -0.1) is 11.3 Å². The van der Waals surface area contributed by atoms with Crippen LogP contribution in [0.4, 0.5) is 0 Å². The second-order valence-electron chi connectivity index (χ2n) is 6.38. The number of aliphatic hydroxyl groups is 1. The van der Waals surface area contributed by atoms with E-state index >= 15 is 0 Å². The molecule has 0 saturated heterocycles. The molecule has 1 atom stereocenters. The molecule has 0 aliphatic carbocycles. The maximum absolute atomic E-state index is 10.2. The van der Waals surface area contributed by atoms with Gasteiger partial charge >= 0.3 is 0 Å². The molecule has 4 heteroatoms. The van der Waals surface area contributed by atoms with Crippen molar-refractivity contribution < 1.29 is 5.11 Å². The molecule has 0 saturated carbocycles. The standard InChI is InChI=1S/C17H24N2OS/c1-12-16(21-11-19-12)10-18-9-15(20)13-5-7-14(8-6-13)17(2,3)4/h5-8,11,15,18,20H,9-10H2,1-4H3. The van der Waals surface area contributed by atoms with Gasteiger partial charge in [0, 0.05) is 18.0 Å². The maximum Gasteiger partial charge on any atom is 0.0914 e. The highest BCUT2D eigenvalue weighted by atomic mass is 32.1. The summed E-state index contributed by atoms with van der Waals surface area (Å²) in [4.78, 5) is 5.45. The quantitative estimate of drug-likeness (QED) is 0.887. The van der Waals surface area contributed by atoms with Crippen LogP contribution in [0.2, 0.25) is 0 Å². The van der Waals surface area contributed by atoms with Crippen LogP contribution in [0.15, 0.2) is 29.8 Å². The molecular formula is C17H24N2OS. The monoisotopic (exact) mass is 304 g/mol. The minimum atomic E-state index is -0.479. The summed E-state index contributed by atoms with van der Waals surface area (Å²) in [5.41, 5.74) is 5.30. The lowest BCUT2D eigenvalue weighted by atomic mass is 9.86. The second kappa shape index (κ2) is 6.69. The fourth-order valence-corrected chi connectivity index (χ4v) is 2.89. The summed E-state index contributed by atoms with van der Waals surface area (Å²) in [6.07, 6.45) is -0.479. The van der Waals surface area contributed by atoms with Gasteiger partial charge in [0.2, 0.25) is 0 Å². The first kappa shape index (κ1) is 16.1. The van der Waals surface area contributed by atoms with E-state index in [1.54, 1.807) is 11.3 Å². The Bertz CT molecular complexity index is 569. The Morgan fingerprint density at radius 2 is 1.90 bits per heavy atom. The van der Waals surface area contributed by atoms with E-state index in [2.05, 4.69) is 43.2 Å². The molecule has 0 spiro atoms. The van der Waals surface area contributed by atoms with Crippen molar-refractivity contribution in [1.82, 2.24) is 10.3 Å². The zero-order valence-electron chi connectivity index (χ0n) is 13.2. The molecule has 2 aromatic rings. The minimum absolute atomic E-state index is 0.144. The highest BCUT2D eigenvalue weighted by Crippen LogP contribution is 2.23. The van der Waals surface area contributed by atoms with E-state index in [4.69, 9.17) is 0 Å². The molecule has 0 aliphatic rings. The first-order chi connectivity index (χ1) is 9.88. The lowest BCUT2D eigenvalue weighted by Gasteiger charge is -2.20. The van der Waals surface area contributed by atoms with Crippen LogP contribution in [0.5, 0.6) is 0 Å². The van der Waals surface area contributed by atoms with Crippen molar-refractivity contribution in [2.24, 2.45) is 0 Å². The van der Waals surface area contributed by atoms with Crippen molar-refractivity contribution in [3.05, 3.63) is 51.5 Å². The van der Waals surface area contributed by atoms with Gasteiger partial charge in [0.15, 0.2) is 0 Å². The molecule has 0 radical (unpaired) electrons. The summed E-state index contributed by atoms with van der Waals surface area (Å²) in [5.74, 6) is 0. The highest BCUT2D eigenvalue weighted by Gasteiger charge is 2.14. The van der Waals surface area contributed by atoms with Crippen LogP contribution in [-0.2, 0) is 12.0 Å². The van der Waals surface area contributed by atoms with Crippen molar-refractivity contribution >= 4 is 11.3 Å². The van der Waals surface area contributed by atoms with Gasteiger partial charge in [0.05, 0.1) is 17.3 Å². The predicted octanol–water partition coefficient (Wildman–Crippen LogP) is 3.57. The molecular weight excluding hydrogens is 280 g/mol. The smallest absolute Gasteiger partial charge is 0.0914 e. The SMILES string of the molecule is Cc1ncsc1CNCC(O)c1ccc(C(C)(C)C)cc1. The molecule has 0 bridgehead atoms. The number of aliphatic hydroxyl groups excluding tert-OH is 1. The van der Waals surface area contributed by atoms with Gasteiger partial charge in [-0.3, -0.25) is 0 Å². The zero-order chi connectivity index (χ0) is 15.5. The third-order valence-electron chi connectivity index (χ3n) is 3.63. The average Bonchev–Trinajstić information content (AvgIpc) is 2.83. The minimum Gasteiger partial charge on any atom is -0.387 e. The molecule has 1 aromatic heterocycles. The maximum atomic E-state index is 10.2. The number of nitrogens with zero attached hydrogens (tertiary/aromatic N) is 1. The predicted molar refractivity (Wildman–Crippen MR) is 88.7 cm³/mol. The topological polar surface area (TPSA) is 45.2 Å². The number of hydrogen-bond donors (Lipinski definition) is 2. The Labute approximate surface area is 131 Å². The lowest BCUT2D eigenvalue weighted by Crippen LogP contribution is -2.21. The van der Waals surface area contributed by atoms with Gasteiger partial charge in [0.1, 0.15) is 0 Å². The molecule has 0 amide bonds. The van der Waals surface area contributed by atoms with Gasteiger partial charge in [-0.1, -0.05) is 45.0 Å². The summed E-state index contributed by atoms with van der Waals surface area (Å²) in [5, 5.41) is 13.5. The number of nitrogens with one attached hydrogen (secondary N) is 1. The van der Waals surface area contributed by atoms with E-state index in [9.17, 15) is 5.11 Å². The number of aromatic nitrogens is 1. The fourth-order valence-electron chi connectivity index (χ4n) is 2.14. The van der Waals surface area contributed by atoms with Crippen LogP contribution in [0, 0.1) is 6.92 Å². The van der Waals surface area contributed by atoms with Crippen LogP contribution >= 0.6 is 11.3 Å². The fraction of sp³-hybridized carbons (Fsp3) is 0.471. The molecule has 21 heavy (non-hydrogen) atoms. The molecule has 1 unspecified atom stereocenters. The molecule has 0 fully saturated rings. The van der Waals surface area contributed by atoms with E-state index in [1.807, 2.05) is 24.6 Å². The van der Waals surface area contributed by atoms with Crippen molar-refractivity contribution in [3.8, 4) is 0 Å². The van der Waals surface area contributed by atoms with Crippen LogP contribution in [0.3, 0.4) is 0 Å². The molecule has 0 aliphatic heterocycles. The average molecular weight is 304 g/mol. The summed E-state index contributed by atoms with van der Waals surface area (Å²) in [6, 6.07) is 8.24. The Morgan fingerprint density at radius 1 is 1.24 bits per heavy atom. The molecule has 2 N–H and O–H groups in total. The highest BCUT2D eigenvalue weighted by molar-refractivity contribution is 7.09. The third-order valence-corrected chi connectivity index (χ3v) is 4.56. The van der Waals surface area contributed by atoms with E-state index in [0.717, 1.165) is 17.8 Å². The van der Waals surface area contributed by atoms with Crippen LogP contribution in [0.1, 0.15) is 48.6 Å². The number of thiazole rings is 1. The Hall–Kier alpha value is -1.23. The molecule has 3 nitrogen and oxygen atoms in total. The molecule has 114 valence electrons. The van der Waals surface area contributed by atoms with E-state index in [-0.39, 0.29) is 5.41 Å². The first-order valence-corrected chi connectivity index (χ1v) is 8.14. The number of benzene rings is 1. The second-order valence-corrected chi connectivity index (χ2v) is 7.32. The van der Waals surface area contributed by atoms with Crippen molar-refractivity contribution in [2.45, 2.75) is 45.8 Å². The van der Waals surface area contributed by atoms with Gasteiger partial charge in [-0.25, -0.2) is 4.98 Å². The largest absolute Gasteiger partial charge is 0.387 e. The summed E-state index contributed by atoms with van der Waals surface area (Å²) >= 11 is 1.65. The summed E-state index contributed by atoms with van der Waals surface area (Å²) in [6.45, 7) is 9.89. The normalized spacial score (nSPS) is 13.4. The zero-order valence-corrected chi connectivity index (χ0v) is 14.0. The number of rotatable bonds is 5. The van der Waals surface area contributed by atoms with E-state index in [1.165, 1.54) is 10.4 Å². The first-order valence-electron chi connectivity index (χ1n) is 7.26. The van der Waals surface area contributed by atoms with E-state index in [0.29, 0.717) is 6.54 Å². The molecule has 2 rings (SSSR count). The van der Waals surface area contributed by atoms with Gasteiger partial charge in [0.25, 0.3) is 0 Å². The van der Waals surface area contributed by atoms with Gasteiger partial charge < -0.3 is 10.4 Å². The van der Waals surface area contributed by atoms with Crippen LogP contribution < -0.4 is 5.32 Å². The Kier molecular flexibility index (Phi) is 5.14. The Balaban J connectivity index is 1.88.